The molecule has 0 aliphatic carbocycles. The molecule has 0 saturated carbocycles. The van der Waals surface area contributed by atoms with Gasteiger partial charge in [0.1, 0.15) is 5.82 Å². The zero-order valence-electron chi connectivity index (χ0n) is 17.5. The van der Waals surface area contributed by atoms with Gasteiger partial charge in [-0.3, -0.25) is 9.59 Å². The van der Waals surface area contributed by atoms with Gasteiger partial charge in [0.25, 0.3) is 0 Å². The molecule has 0 radical (unpaired) electrons. The van der Waals surface area contributed by atoms with Crippen molar-refractivity contribution in [2.24, 2.45) is 5.92 Å². The largest absolute Gasteiger partial charge is 0.493 e. The first-order chi connectivity index (χ1) is 14.5. The zero-order chi connectivity index (χ0) is 21.7. The second-order valence-corrected chi connectivity index (χ2v) is 7.29. The Hall–Kier alpha value is -3.09. The number of rotatable bonds is 7. The van der Waals surface area contributed by atoms with Crippen LogP contribution in [0, 0.1) is 11.7 Å². The summed E-state index contributed by atoms with van der Waals surface area (Å²) >= 11 is 0. The van der Waals surface area contributed by atoms with Crippen molar-refractivity contribution in [2.45, 2.75) is 25.8 Å². The van der Waals surface area contributed by atoms with Gasteiger partial charge in [-0.05, 0) is 23.8 Å². The molecule has 0 spiro atoms. The Balaban J connectivity index is 1.85. The summed E-state index contributed by atoms with van der Waals surface area (Å²) in [6, 6.07) is 11.6. The van der Waals surface area contributed by atoms with Crippen LogP contribution in [-0.2, 0) is 16.1 Å². The maximum atomic E-state index is 13.1. The molecule has 2 amide bonds. The van der Waals surface area contributed by atoms with Gasteiger partial charge >= 0.3 is 0 Å². The van der Waals surface area contributed by atoms with Crippen LogP contribution in [0.3, 0.4) is 0 Å². The van der Waals surface area contributed by atoms with Crippen molar-refractivity contribution in [1.29, 1.82) is 0 Å². The van der Waals surface area contributed by atoms with Crippen LogP contribution in [0.5, 0.6) is 11.5 Å². The molecule has 2 aromatic rings. The molecular formula is C23H27FN2O4. The number of nitrogens with zero attached hydrogens (tertiary/aromatic N) is 1. The lowest BCUT2D eigenvalue weighted by molar-refractivity contribution is -0.130. The number of ether oxygens (including phenoxy) is 2. The Bertz CT molecular complexity index is 901. The van der Waals surface area contributed by atoms with Gasteiger partial charge in [-0.1, -0.05) is 31.2 Å². The molecule has 160 valence electrons. The summed E-state index contributed by atoms with van der Waals surface area (Å²) in [6.45, 7) is 2.88. The molecule has 30 heavy (non-hydrogen) atoms. The first-order valence-corrected chi connectivity index (χ1v) is 9.99. The average molecular weight is 414 g/mol. The van der Waals surface area contributed by atoms with Crippen molar-refractivity contribution in [3.63, 3.8) is 0 Å². The van der Waals surface area contributed by atoms with Gasteiger partial charge in [-0.2, -0.15) is 0 Å². The molecule has 6 nitrogen and oxygen atoms in total. The third-order valence-electron chi connectivity index (χ3n) is 5.52. The van der Waals surface area contributed by atoms with Crippen molar-refractivity contribution < 1.29 is 23.5 Å². The normalized spacial score (nSPS) is 18.2. The molecule has 1 heterocycles. The highest BCUT2D eigenvalue weighted by Crippen LogP contribution is 2.42. The number of para-hydroxylation sites is 1. The Morgan fingerprint density at radius 3 is 2.47 bits per heavy atom. The molecule has 1 saturated heterocycles. The lowest BCUT2D eigenvalue weighted by Crippen LogP contribution is -2.35. The summed E-state index contributed by atoms with van der Waals surface area (Å²) in [6.07, 6.45) is 0.381. The van der Waals surface area contributed by atoms with E-state index in [1.165, 1.54) is 12.1 Å². The third-order valence-corrected chi connectivity index (χ3v) is 5.52. The van der Waals surface area contributed by atoms with E-state index in [0.717, 1.165) is 11.1 Å². The smallest absolute Gasteiger partial charge is 0.225 e. The first-order valence-electron chi connectivity index (χ1n) is 9.99. The second kappa shape index (κ2) is 9.61. The molecule has 7 heteroatoms. The molecule has 0 bridgehead atoms. The van der Waals surface area contributed by atoms with Crippen LogP contribution >= 0.6 is 0 Å². The fraction of sp³-hybridized carbons (Fsp3) is 0.391. The van der Waals surface area contributed by atoms with Crippen molar-refractivity contribution in [3.8, 4) is 11.5 Å². The average Bonchev–Trinajstić information content (AvgIpc) is 3.22. The van der Waals surface area contributed by atoms with Crippen LogP contribution in [0.25, 0.3) is 0 Å². The van der Waals surface area contributed by atoms with Crippen LogP contribution in [-0.4, -0.2) is 44.0 Å². The van der Waals surface area contributed by atoms with Crippen molar-refractivity contribution >= 4 is 11.8 Å². The van der Waals surface area contributed by atoms with Gasteiger partial charge in [0.2, 0.25) is 11.8 Å². The minimum absolute atomic E-state index is 0.00991. The summed E-state index contributed by atoms with van der Waals surface area (Å²) in [5.74, 6) is 0.0460. The number of carbonyl (C=O) groups excluding carboxylic acids is 2. The number of benzene rings is 2. The van der Waals surface area contributed by atoms with Gasteiger partial charge in [0.05, 0.1) is 20.1 Å². The van der Waals surface area contributed by atoms with E-state index < -0.39 is 5.92 Å². The molecule has 1 N–H and O–H groups in total. The standard InChI is InChI=1S/C23H27FN2O4/c1-4-21(27)26-13-18(17-6-5-7-20(29-2)22(17)30-3)19(14-26)23(28)25-12-15-8-10-16(24)11-9-15/h5-11,18-19H,4,12-14H2,1-3H3,(H,25,28). The molecular weight excluding hydrogens is 387 g/mol. The molecule has 2 aromatic carbocycles. The maximum absolute atomic E-state index is 13.1. The number of hydrogen-bond donors (Lipinski definition) is 1. The first kappa shape index (κ1) is 21.6. The predicted octanol–water partition coefficient (Wildman–Crippen LogP) is 3.11. The highest BCUT2D eigenvalue weighted by molar-refractivity contribution is 5.83. The van der Waals surface area contributed by atoms with Crippen molar-refractivity contribution in [1.82, 2.24) is 10.2 Å². The molecule has 0 aromatic heterocycles. The number of likely N-dealkylation sites (tertiary alicyclic amines) is 1. The molecule has 3 rings (SSSR count). The number of hydrogen-bond acceptors (Lipinski definition) is 4. The quantitative estimate of drug-likeness (QED) is 0.756. The van der Waals surface area contributed by atoms with E-state index in [0.29, 0.717) is 37.6 Å². The van der Waals surface area contributed by atoms with Gasteiger partial charge in [0.15, 0.2) is 11.5 Å². The molecule has 1 fully saturated rings. The summed E-state index contributed by atoms with van der Waals surface area (Å²) in [7, 11) is 3.13. The Labute approximate surface area is 176 Å². The van der Waals surface area contributed by atoms with E-state index in [2.05, 4.69) is 5.32 Å². The number of amides is 2. The molecule has 2 unspecified atom stereocenters. The van der Waals surface area contributed by atoms with Crippen LogP contribution in [0.1, 0.15) is 30.4 Å². The van der Waals surface area contributed by atoms with Gasteiger partial charge in [-0.25, -0.2) is 4.39 Å². The summed E-state index contributed by atoms with van der Waals surface area (Å²) in [4.78, 5) is 27.2. The minimum atomic E-state index is -0.429. The highest BCUT2D eigenvalue weighted by Gasteiger charge is 2.41. The summed E-state index contributed by atoms with van der Waals surface area (Å²) < 4.78 is 24.1. The zero-order valence-corrected chi connectivity index (χ0v) is 17.5. The molecule has 1 aliphatic heterocycles. The number of carbonyl (C=O) groups is 2. The van der Waals surface area contributed by atoms with Crippen LogP contribution in [0.2, 0.25) is 0 Å². The van der Waals surface area contributed by atoms with Gasteiger partial charge in [-0.15, -0.1) is 0 Å². The van der Waals surface area contributed by atoms with E-state index in [-0.39, 0.29) is 23.5 Å². The van der Waals surface area contributed by atoms with E-state index in [9.17, 15) is 14.0 Å². The molecule has 2 atom stereocenters. The molecule has 1 aliphatic rings. The van der Waals surface area contributed by atoms with Crippen LogP contribution in [0.4, 0.5) is 4.39 Å². The van der Waals surface area contributed by atoms with Crippen LogP contribution in [0.15, 0.2) is 42.5 Å². The Morgan fingerprint density at radius 2 is 1.83 bits per heavy atom. The lowest BCUT2D eigenvalue weighted by Gasteiger charge is -2.21. The summed E-state index contributed by atoms with van der Waals surface area (Å²) in [5.41, 5.74) is 1.64. The fourth-order valence-corrected chi connectivity index (χ4v) is 3.94. The van der Waals surface area contributed by atoms with E-state index in [4.69, 9.17) is 9.47 Å². The van der Waals surface area contributed by atoms with Gasteiger partial charge in [0, 0.05) is 37.5 Å². The predicted molar refractivity (Wildman–Crippen MR) is 111 cm³/mol. The number of methoxy groups -OCH3 is 2. The maximum Gasteiger partial charge on any atom is 0.225 e. The van der Waals surface area contributed by atoms with E-state index in [1.807, 2.05) is 19.1 Å². The van der Waals surface area contributed by atoms with Crippen molar-refractivity contribution in [3.05, 3.63) is 59.4 Å². The Morgan fingerprint density at radius 1 is 1.10 bits per heavy atom. The fourth-order valence-electron chi connectivity index (χ4n) is 3.94. The monoisotopic (exact) mass is 414 g/mol. The van der Waals surface area contributed by atoms with E-state index >= 15 is 0 Å². The number of nitrogens with one attached hydrogen (secondary N) is 1. The third kappa shape index (κ3) is 4.56. The lowest BCUT2D eigenvalue weighted by atomic mass is 9.87. The minimum Gasteiger partial charge on any atom is -0.493 e. The van der Waals surface area contributed by atoms with Crippen molar-refractivity contribution in [2.75, 3.05) is 27.3 Å². The van der Waals surface area contributed by atoms with Crippen LogP contribution < -0.4 is 14.8 Å². The topological polar surface area (TPSA) is 67.9 Å². The summed E-state index contributed by atoms with van der Waals surface area (Å²) in [5, 5.41) is 2.93. The Kier molecular flexibility index (Phi) is 6.92. The second-order valence-electron chi connectivity index (χ2n) is 7.29. The highest BCUT2D eigenvalue weighted by atomic mass is 19.1. The number of halogens is 1. The SMILES string of the molecule is CCC(=O)N1CC(C(=O)NCc2ccc(F)cc2)C(c2cccc(OC)c2OC)C1. The van der Waals surface area contributed by atoms with Gasteiger partial charge < -0.3 is 19.7 Å². The van der Waals surface area contributed by atoms with E-state index in [1.54, 1.807) is 37.3 Å².